The molecule has 0 bridgehead atoms. The van der Waals surface area contributed by atoms with Gasteiger partial charge in [-0.2, -0.15) is 0 Å². The second-order valence-corrected chi connectivity index (χ2v) is 6.31. The molecule has 0 aliphatic carbocycles. The van der Waals surface area contributed by atoms with Gasteiger partial charge in [-0.05, 0) is 35.9 Å². The summed E-state index contributed by atoms with van der Waals surface area (Å²) in [6.07, 6.45) is 3.62. The minimum absolute atomic E-state index is 0.184. The molecule has 150 valence electrons. The third-order valence-electron chi connectivity index (χ3n) is 4.19. The monoisotopic (exact) mass is 397 g/mol. The molecule has 0 saturated heterocycles. The number of hydrogen-bond donors (Lipinski definition) is 1. The Labute approximate surface area is 167 Å². The third-order valence-corrected chi connectivity index (χ3v) is 4.19. The predicted molar refractivity (Wildman–Crippen MR) is 103 cm³/mol. The second kappa shape index (κ2) is 8.55. The highest BCUT2D eigenvalue weighted by Crippen LogP contribution is 2.33. The van der Waals surface area contributed by atoms with E-state index in [9.17, 15) is 9.59 Å². The number of amides is 1. The summed E-state index contributed by atoms with van der Waals surface area (Å²) in [5.41, 5.74) is 1.29. The summed E-state index contributed by atoms with van der Waals surface area (Å²) in [6, 6.07) is 10.4. The van der Waals surface area contributed by atoms with Gasteiger partial charge in [0.1, 0.15) is 0 Å². The van der Waals surface area contributed by atoms with Crippen molar-refractivity contribution in [1.82, 2.24) is 0 Å². The summed E-state index contributed by atoms with van der Waals surface area (Å²) >= 11 is 0. The molecule has 2 aromatic rings. The fourth-order valence-electron chi connectivity index (χ4n) is 2.80. The van der Waals surface area contributed by atoms with E-state index < -0.39 is 18.5 Å². The number of esters is 1. The van der Waals surface area contributed by atoms with Crippen LogP contribution in [-0.4, -0.2) is 38.5 Å². The molecule has 29 heavy (non-hydrogen) atoms. The number of fused-ring (bicyclic) bond motifs is 2. The summed E-state index contributed by atoms with van der Waals surface area (Å²) in [5.74, 6) is 1.41. The highest BCUT2D eigenvalue weighted by Gasteiger charge is 2.14. The molecule has 0 fully saturated rings. The molecule has 0 spiro atoms. The molecule has 1 amide bonds. The molecule has 0 radical (unpaired) electrons. The van der Waals surface area contributed by atoms with Crippen LogP contribution in [0.4, 0.5) is 5.69 Å². The smallest absolute Gasteiger partial charge is 0.331 e. The zero-order valence-electron chi connectivity index (χ0n) is 15.5. The molecule has 8 nitrogen and oxygen atoms in total. The maximum absolute atomic E-state index is 12.0. The molecule has 4 rings (SSSR count). The van der Waals surface area contributed by atoms with Gasteiger partial charge >= 0.3 is 5.97 Å². The lowest BCUT2D eigenvalue weighted by atomic mass is 10.2. The quantitative estimate of drug-likeness (QED) is 0.613. The summed E-state index contributed by atoms with van der Waals surface area (Å²) in [5, 5.41) is 2.66. The zero-order valence-corrected chi connectivity index (χ0v) is 15.5. The average Bonchev–Trinajstić information content (AvgIpc) is 3.07. The molecule has 8 heteroatoms. The van der Waals surface area contributed by atoms with Crippen LogP contribution < -0.4 is 24.3 Å². The van der Waals surface area contributed by atoms with Crippen LogP contribution in [0.5, 0.6) is 23.0 Å². The molecule has 2 aliphatic heterocycles. The average molecular weight is 397 g/mol. The van der Waals surface area contributed by atoms with Gasteiger partial charge in [0.2, 0.25) is 6.79 Å². The maximum atomic E-state index is 12.0. The Morgan fingerprint density at radius 2 is 1.66 bits per heavy atom. The van der Waals surface area contributed by atoms with Crippen molar-refractivity contribution < 1.29 is 33.3 Å². The second-order valence-electron chi connectivity index (χ2n) is 6.31. The van der Waals surface area contributed by atoms with Crippen LogP contribution in [0.2, 0.25) is 0 Å². The molecular formula is C21H19NO7. The minimum atomic E-state index is -0.628. The Morgan fingerprint density at radius 3 is 2.55 bits per heavy atom. The van der Waals surface area contributed by atoms with Crippen molar-refractivity contribution in [2.75, 3.05) is 31.9 Å². The third kappa shape index (κ3) is 4.78. The fourth-order valence-corrected chi connectivity index (χ4v) is 2.80. The fraction of sp³-hybridized carbons (Fsp3) is 0.238. The van der Waals surface area contributed by atoms with Crippen molar-refractivity contribution in [3.8, 4) is 23.0 Å². The topological polar surface area (TPSA) is 92.3 Å². The summed E-state index contributed by atoms with van der Waals surface area (Å²) < 4.78 is 26.6. The van der Waals surface area contributed by atoms with Gasteiger partial charge in [0.25, 0.3) is 5.91 Å². The number of carbonyl (C=O) groups excluding carboxylic acids is 2. The van der Waals surface area contributed by atoms with E-state index in [4.69, 9.17) is 23.7 Å². The van der Waals surface area contributed by atoms with Gasteiger partial charge in [0.05, 0.1) is 13.2 Å². The van der Waals surface area contributed by atoms with Gasteiger partial charge in [-0.3, -0.25) is 4.79 Å². The number of ether oxygens (including phenoxy) is 5. The van der Waals surface area contributed by atoms with Crippen LogP contribution in [0.3, 0.4) is 0 Å². The van der Waals surface area contributed by atoms with Crippen molar-refractivity contribution in [3.63, 3.8) is 0 Å². The molecular weight excluding hydrogens is 378 g/mol. The zero-order chi connectivity index (χ0) is 20.1. The summed E-state index contributed by atoms with van der Waals surface area (Å²) in [4.78, 5) is 23.9. The Bertz CT molecular complexity index is 954. The normalized spacial score (nSPS) is 14.3. The Hall–Kier alpha value is -3.68. The number of nitrogens with one attached hydrogen (secondary N) is 1. The number of hydrogen-bond acceptors (Lipinski definition) is 7. The minimum Gasteiger partial charge on any atom is -0.490 e. The van der Waals surface area contributed by atoms with Crippen molar-refractivity contribution >= 4 is 23.6 Å². The molecule has 0 atom stereocenters. The van der Waals surface area contributed by atoms with Crippen molar-refractivity contribution in [2.24, 2.45) is 0 Å². The van der Waals surface area contributed by atoms with E-state index >= 15 is 0 Å². The largest absolute Gasteiger partial charge is 0.490 e. The van der Waals surface area contributed by atoms with E-state index in [0.29, 0.717) is 41.9 Å². The SMILES string of the molecule is O=C(COC(=O)/C=C/c1ccc2c(c1)OCO2)Nc1ccc2c(c1)OCCCO2. The van der Waals surface area contributed by atoms with Gasteiger partial charge in [0, 0.05) is 24.3 Å². The van der Waals surface area contributed by atoms with Crippen LogP contribution in [0.25, 0.3) is 6.08 Å². The van der Waals surface area contributed by atoms with Gasteiger partial charge < -0.3 is 29.0 Å². The first-order valence-corrected chi connectivity index (χ1v) is 9.11. The lowest BCUT2D eigenvalue weighted by molar-refractivity contribution is -0.142. The van der Waals surface area contributed by atoms with Gasteiger partial charge in [0.15, 0.2) is 29.6 Å². The molecule has 1 N–H and O–H groups in total. The number of anilines is 1. The van der Waals surface area contributed by atoms with Gasteiger partial charge in [-0.25, -0.2) is 4.79 Å². The number of rotatable bonds is 5. The maximum Gasteiger partial charge on any atom is 0.331 e. The lowest BCUT2D eigenvalue weighted by Gasteiger charge is -2.10. The highest BCUT2D eigenvalue weighted by atomic mass is 16.7. The van der Waals surface area contributed by atoms with E-state index in [0.717, 1.165) is 12.0 Å². The molecule has 0 aromatic heterocycles. The lowest BCUT2D eigenvalue weighted by Crippen LogP contribution is -2.20. The number of carbonyl (C=O) groups is 2. The van der Waals surface area contributed by atoms with E-state index in [1.54, 1.807) is 42.5 Å². The van der Waals surface area contributed by atoms with Crippen molar-refractivity contribution in [1.29, 1.82) is 0 Å². The van der Waals surface area contributed by atoms with Crippen LogP contribution in [0.15, 0.2) is 42.5 Å². The van der Waals surface area contributed by atoms with Crippen molar-refractivity contribution in [3.05, 3.63) is 48.0 Å². The summed E-state index contributed by atoms with van der Waals surface area (Å²) in [6.45, 7) is 0.925. The predicted octanol–water partition coefficient (Wildman–Crippen LogP) is 2.77. The Morgan fingerprint density at radius 1 is 0.931 bits per heavy atom. The molecule has 0 saturated carbocycles. The number of benzene rings is 2. The van der Waals surface area contributed by atoms with E-state index in [1.165, 1.54) is 6.08 Å². The summed E-state index contributed by atoms with van der Waals surface area (Å²) in [7, 11) is 0. The van der Waals surface area contributed by atoms with Crippen LogP contribution in [0.1, 0.15) is 12.0 Å². The van der Waals surface area contributed by atoms with Crippen molar-refractivity contribution in [2.45, 2.75) is 6.42 Å². The van der Waals surface area contributed by atoms with E-state index in [2.05, 4.69) is 5.32 Å². The van der Waals surface area contributed by atoms with E-state index in [1.807, 2.05) is 0 Å². The highest BCUT2D eigenvalue weighted by molar-refractivity contribution is 5.94. The van der Waals surface area contributed by atoms with Gasteiger partial charge in [-0.1, -0.05) is 6.07 Å². The van der Waals surface area contributed by atoms with Gasteiger partial charge in [-0.15, -0.1) is 0 Å². The Kier molecular flexibility index (Phi) is 5.51. The Balaban J connectivity index is 1.27. The van der Waals surface area contributed by atoms with Crippen LogP contribution >= 0.6 is 0 Å². The van der Waals surface area contributed by atoms with Crippen LogP contribution in [0, 0.1) is 0 Å². The van der Waals surface area contributed by atoms with E-state index in [-0.39, 0.29) is 6.79 Å². The molecule has 0 unspecified atom stereocenters. The first-order valence-electron chi connectivity index (χ1n) is 9.11. The first-order chi connectivity index (χ1) is 14.2. The van der Waals surface area contributed by atoms with Crippen LogP contribution in [-0.2, 0) is 14.3 Å². The molecule has 2 aliphatic rings. The molecule has 2 heterocycles. The standard InChI is InChI=1S/C21H19NO7/c23-20(22-15-4-6-16-19(11-15)26-9-1-8-25-16)12-27-21(24)7-3-14-2-5-17-18(10-14)29-13-28-17/h2-7,10-11H,1,8-9,12-13H2,(H,22,23)/b7-3+. The first kappa shape index (κ1) is 18.7. The molecule has 2 aromatic carbocycles.